The number of hydrogen-bond donors (Lipinski definition) is 3. The molecule has 0 aliphatic heterocycles. The standard InChI is InChI=1S/C15H21BrN2O2/c16-12-6-2-3-7-13(12)18-15(20)10-17-9-11-5-1-4-8-14(11)19/h2-3,6-7,11,14,17,19H,1,4-5,8-10H2,(H,18,20). The van der Waals surface area contributed by atoms with Crippen LogP contribution in [-0.2, 0) is 4.79 Å². The van der Waals surface area contributed by atoms with Crippen molar-refractivity contribution in [1.29, 1.82) is 0 Å². The molecule has 1 saturated carbocycles. The third-order valence-corrected chi connectivity index (χ3v) is 4.40. The van der Waals surface area contributed by atoms with Crippen molar-refractivity contribution >= 4 is 27.5 Å². The number of halogens is 1. The van der Waals surface area contributed by atoms with Gasteiger partial charge >= 0.3 is 0 Å². The molecular formula is C15H21BrN2O2. The van der Waals surface area contributed by atoms with E-state index in [4.69, 9.17) is 0 Å². The van der Waals surface area contributed by atoms with E-state index >= 15 is 0 Å². The lowest BCUT2D eigenvalue weighted by molar-refractivity contribution is -0.115. The molecule has 1 aromatic rings. The maximum atomic E-state index is 11.8. The maximum absolute atomic E-state index is 11.8. The molecule has 110 valence electrons. The van der Waals surface area contributed by atoms with Gasteiger partial charge in [-0.05, 0) is 46.8 Å². The molecule has 3 N–H and O–H groups in total. The molecule has 0 heterocycles. The molecule has 2 rings (SSSR count). The molecule has 0 saturated heterocycles. The number of rotatable bonds is 5. The highest BCUT2D eigenvalue weighted by atomic mass is 79.9. The smallest absolute Gasteiger partial charge is 0.238 e. The van der Waals surface area contributed by atoms with Crippen LogP contribution in [0.2, 0.25) is 0 Å². The zero-order chi connectivity index (χ0) is 14.4. The van der Waals surface area contributed by atoms with Crippen LogP contribution < -0.4 is 10.6 Å². The molecule has 1 amide bonds. The predicted octanol–water partition coefficient (Wildman–Crippen LogP) is 2.53. The second-order valence-corrected chi connectivity index (χ2v) is 6.13. The van der Waals surface area contributed by atoms with E-state index in [1.165, 1.54) is 6.42 Å². The number of benzene rings is 1. The van der Waals surface area contributed by atoms with Crippen molar-refractivity contribution in [2.75, 3.05) is 18.4 Å². The Balaban J connectivity index is 1.71. The van der Waals surface area contributed by atoms with Gasteiger partial charge in [0.1, 0.15) is 0 Å². The fourth-order valence-electron chi connectivity index (χ4n) is 2.55. The lowest BCUT2D eigenvalue weighted by Gasteiger charge is -2.27. The molecule has 4 nitrogen and oxygen atoms in total. The summed E-state index contributed by atoms with van der Waals surface area (Å²) in [6, 6.07) is 7.53. The summed E-state index contributed by atoms with van der Waals surface area (Å²) in [6.45, 7) is 0.967. The first-order valence-corrected chi connectivity index (χ1v) is 7.89. The molecule has 0 radical (unpaired) electrons. The maximum Gasteiger partial charge on any atom is 0.238 e. The number of amides is 1. The molecule has 2 atom stereocenters. The number of carbonyl (C=O) groups is 1. The summed E-state index contributed by atoms with van der Waals surface area (Å²) in [6.07, 6.45) is 3.99. The van der Waals surface area contributed by atoms with Crippen LogP contribution in [0.3, 0.4) is 0 Å². The van der Waals surface area contributed by atoms with Gasteiger partial charge in [0, 0.05) is 11.0 Å². The molecule has 20 heavy (non-hydrogen) atoms. The average molecular weight is 341 g/mol. The van der Waals surface area contributed by atoms with E-state index in [-0.39, 0.29) is 24.5 Å². The van der Waals surface area contributed by atoms with Crippen molar-refractivity contribution in [2.45, 2.75) is 31.8 Å². The third-order valence-electron chi connectivity index (χ3n) is 3.71. The second-order valence-electron chi connectivity index (χ2n) is 5.27. The minimum absolute atomic E-state index is 0.0674. The van der Waals surface area contributed by atoms with Crippen molar-refractivity contribution in [3.63, 3.8) is 0 Å². The van der Waals surface area contributed by atoms with Crippen LogP contribution in [0, 0.1) is 5.92 Å². The van der Waals surface area contributed by atoms with Gasteiger partial charge in [-0.25, -0.2) is 0 Å². The zero-order valence-corrected chi connectivity index (χ0v) is 13.0. The van der Waals surface area contributed by atoms with Gasteiger partial charge in [0.15, 0.2) is 0 Å². The van der Waals surface area contributed by atoms with Gasteiger partial charge in [0.05, 0.1) is 18.3 Å². The second kappa shape index (κ2) is 7.76. The average Bonchev–Trinajstić information content (AvgIpc) is 2.43. The van der Waals surface area contributed by atoms with E-state index in [1.807, 2.05) is 24.3 Å². The van der Waals surface area contributed by atoms with Crippen LogP contribution in [0.4, 0.5) is 5.69 Å². The van der Waals surface area contributed by atoms with Gasteiger partial charge in [-0.2, -0.15) is 0 Å². The van der Waals surface area contributed by atoms with Crippen LogP contribution in [-0.4, -0.2) is 30.2 Å². The molecule has 1 aliphatic carbocycles. The molecule has 2 unspecified atom stereocenters. The number of para-hydroxylation sites is 1. The van der Waals surface area contributed by atoms with E-state index in [0.29, 0.717) is 6.54 Å². The van der Waals surface area contributed by atoms with Gasteiger partial charge in [-0.15, -0.1) is 0 Å². The highest BCUT2D eigenvalue weighted by Gasteiger charge is 2.22. The molecule has 5 heteroatoms. The number of aliphatic hydroxyl groups excluding tert-OH is 1. The van der Waals surface area contributed by atoms with E-state index < -0.39 is 0 Å². The topological polar surface area (TPSA) is 61.4 Å². The summed E-state index contributed by atoms with van der Waals surface area (Å²) in [4.78, 5) is 11.8. The number of hydrogen-bond acceptors (Lipinski definition) is 3. The molecule has 0 bridgehead atoms. The molecule has 0 spiro atoms. The first kappa shape index (κ1) is 15.5. The molecule has 1 aromatic carbocycles. The highest BCUT2D eigenvalue weighted by molar-refractivity contribution is 9.10. The van der Waals surface area contributed by atoms with Gasteiger partial charge in [-0.3, -0.25) is 4.79 Å². The molecule has 1 aliphatic rings. The molecule has 1 fully saturated rings. The fraction of sp³-hybridized carbons (Fsp3) is 0.533. The Kier molecular flexibility index (Phi) is 6.01. The van der Waals surface area contributed by atoms with E-state index in [1.54, 1.807) is 0 Å². The zero-order valence-electron chi connectivity index (χ0n) is 11.4. The summed E-state index contributed by atoms with van der Waals surface area (Å²) in [5, 5.41) is 15.8. The number of aliphatic hydroxyl groups is 1. The largest absolute Gasteiger partial charge is 0.393 e. The predicted molar refractivity (Wildman–Crippen MR) is 83.6 cm³/mol. The van der Waals surface area contributed by atoms with Crippen LogP contribution in [0.15, 0.2) is 28.7 Å². The fourth-order valence-corrected chi connectivity index (χ4v) is 2.94. The SMILES string of the molecule is O=C(CNCC1CCCCC1O)Nc1ccccc1Br. The quantitative estimate of drug-likeness (QED) is 0.771. The summed E-state index contributed by atoms with van der Waals surface area (Å²) in [7, 11) is 0. The molecule has 0 aromatic heterocycles. The Hall–Kier alpha value is -0.910. The van der Waals surface area contributed by atoms with E-state index in [2.05, 4.69) is 26.6 Å². The third kappa shape index (κ3) is 4.58. The van der Waals surface area contributed by atoms with E-state index in [0.717, 1.165) is 29.4 Å². The van der Waals surface area contributed by atoms with Gasteiger partial charge in [0.2, 0.25) is 5.91 Å². The Morgan fingerprint density at radius 1 is 1.30 bits per heavy atom. The lowest BCUT2D eigenvalue weighted by atomic mass is 9.86. The number of carbonyl (C=O) groups excluding carboxylic acids is 1. The summed E-state index contributed by atoms with van der Waals surface area (Å²) in [5.41, 5.74) is 0.775. The van der Waals surface area contributed by atoms with Gasteiger partial charge in [-0.1, -0.05) is 25.0 Å². The van der Waals surface area contributed by atoms with Crippen LogP contribution >= 0.6 is 15.9 Å². The monoisotopic (exact) mass is 340 g/mol. The summed E-state index contributed by atoms with van der Waals surface area (Å²) >= 11 is 3.40. The van der Waals surface area contributed by atoms with Gasteiger partial charge in [0.25, 0.3) is 0 Å². The summed E-state index contributed by atoms with van der Waals surface area (Å²) < 4.78 is 0.871. The number of anilines is 1. The molecular weight excluding hydrogens is 320 g/mol. The minimum atomic E-state index is -0.220. The lowest BCUT2D eigenvalue weighted by Crippen LogP contribution is -2.37. The normalized spacial score (nSPS) is 22.5. The first-order chi connectivity index (χ1) is 9.66. The Morgan fingerprint density at radius 3 is 2.80 bits per heavy atom. The minimum Gasteiger partial charge on any atom is -0.393 e. The Bertz CT molecular complexity index is 453. The van der Waals surface area contributed by atoms with Gasteiger partial charge < -0.3 is 15.7 Å². The van der Waals surface area contributed by atoms with Crippen LogP contribution in [0.5, 0.6) is 0 Å². The van der Waals surface area contributed by atoms with Crippen molar-refractivity contribution in [2.24, 2.45) is 5.92 Å². The highest BCUT2D eigenvalue weighted by Crippen LogP contribution is 2.23. The Labute approximate surface area is 128 Å². The van der Waals surface area contributed by atoms with Crippen LogP contribution in [0.1, 0.15) is 25.7 Å². The summed E-state index contributed by atoms with van der Waals surface area (Å²) in [5.74, 6) is 0.210. The Morgan fingerprint density at radius 2 is 2.05 bits per heavy atom. The van der Waals surface area contributed by atoms with Crippen molar-refractivity contribution in [3.05, 3.63) is 28.7 Å². The number of nitrogens with one attached hydrogen (secondary N) is 2. The van der Waals surface area contributed by atoms with Crippen LogP contribution in [0.25, 0.3) is 0 Å². The van der Waals surface area contributed by atoms with Crippen molar-refractivity contribution in [1.82, 2.24) is 5.32 Å². The first-order valence-electron chi connectivity index (χ1n) is 7.10. The van der Waals surface area contributed by atoms with Crippen molar-refractivity contribution in [3.8, 4) is 0 Å². The van der Waals surface area contributed by atoms with Crippen molar-refractivity contribution < 1.29 is 9.90 Å². The van der Waals surface area contributed by atoms with E-state index in [9.17, 15) is 9.90 Å².